The van der Waals surface area contributed by atoms with Gasteiger partial charge in [0.05, 0.1) is 10.6 Å². The van der Waals surface area contributed by atoms with E-state index in [2.05, 4.69) is 5.32 Å². The van der Waals surface area contributed by atoms with Crippen molar-refractivity contribution >= 4 is 21.4 Å². The predicted molar refractivity (Wildman–Crippen MR) is 70.8 cm³/mol. The zero-order chi connectivity index (χ0) is 13.8. The third kappa shape index (κ3) is 4.03. The van der Waals surface area contributed by atoms with Gasteiger partial charge in [-0.3, -0.25) is 4.79 Å². The second-order valence-electron chi connectivity index (χ2n) is 4.49. The van der Waals surface area contributed by atoms with Crippen LogP contribution in [-0.2, 0) is 14.6 Å². The molecule has 0 aliphatic heterocycles. The van der Waals surface area contributed by atoms with Crippen LogP contribution in [0.3, 0.4) is 0 Å². The van der Waals surface area contributed by atoms with Crippen LogP contribution < -0.4 is 11.1 Å². The van der Waals surface area contributed by atoms with Gasteiger partial charge in [-0.15, -0.1) is 0 Å². The van der Waals surface area contributed by atoms with E-state index in [9.17, 15) is 13.2 Å². The normalized spacial score (nSPS) is 11.5. The Morgan fingerprint density at radius 2 is 1.94 bits per heavy atom. The van der Waals surface area contributed by atoms with Crippen LogP contribution in [0.5, 0.6) is 0 Å². The number of carbonyl (C=O) groups excluding carboxylic acids is 1. The van der Waals surface area contributed by atoms with Gasteiger partial charge in [-0.1, -0.05) is 26.0 Å². The third-order valence-corrected chi connectivity index (χ3v) is 3.97. The van der Waals surface area contributed by atoms with Gasteiger partial charge in [0.25, 0.3) is 0 Å². The Morgan fingerprint density at radius 1 is 1.33 bits per heavy atom. The van der Waals surface area contributed by atoms with Crippen LogP contribution in [0.4, 0.5) is 5.69 Å². The lowest BCUT2D eigenvalue weighted by Crippen LogP contribution is -2.33. The summed E-state index contributed by atoms with van der Waals surface area (Å²) in [6.07, 6.45) is 0. The fourth-order valence-corrected chi connectivity index (χ4v) is 2.70. The molecule has 6 heteroatoms. The van der Waals surface area contributed by atoms with Crippen LogP contribution in [0, 0.1) is 5.92 Å². The fourth-order valence-electron chi connectivity index (χ4n) is 1.38. The van der Waals surface area contributed by atoms with Crippen molar-refractivity contribution in [3.63, 3.8) is 0 Å². The molecule has 1 aromatic rings. The summed E-state index contributed by atoms with van der Waals surface area (Å²) < 4.78 is 23.9. The summed E-state index contributed by atoms with van der Waals surface area (Å²) in [6, 6.07) is 6.13. The average molecular weight is 270 g/mol. The van der Waals surface area contributed by atoms with Crippen molar-refractivity contribution in [3.05, 3.63) is 24.3 Å². The first kappa shape index (κ1) is 14.5. The van der Waals surface area contributed by atoms with Crippen molar-refractivity contribution < 1.29 is 13.2 Å². The van der Waals surface area contributed by atoms with E-state index in [1.807, 2.05) is 13.8 Å². The molecule has 0 aliphatic rings. The van der Waals surface area contributed by atoms with Gasteiger partial charge in [0, 0.05) is 6.54 Å². The Balaban J connectivity index is 2.77. The number of nitrogens with one attached hydrogen (secondary N) is 1. The van der Waals surface area contributed by atoms with E-state index < -0.39 is 21.5 Å². The molecule has 0 heterocycles. The van der Waals surface area contributed by atoms with Gasteiger partial charge in [0.2, 0.25) is 5.91 Å². The minimum Gasteiger partial charge on any atom is -0.398 e. The van der Waals surface area contributed by atoms with Crippen molar-refractivity contribution in [1.82, 2.24) is 5.32 Å². The summed E-state index contributed by atoms with van der Waals surface area (Å²) in [6.45, 7) is 4.33. The number of rotatable bonds is 5. The molecule has 0 radical (unpaired) electrons. The van der Waals surface area contributed by atoms with E-state index >= 15 is 0 Å². The molecule has 0 fully saturated rings. The van der Waals surface area contributed by atoms with Crippen LogP contribution in [0.1, 0.15) is 13.8 Å². The van der Waals surface area contributed by atoms with Crippen molar-refractivity contribution in [3.8, 4) is 0 Å². The molecule has 0 saturated heterocycles. The standard InChI is InChI=1S/C12H18N2O3S/c1-9(2)7-14-12(15)8-18(16,17)11-6-4-3-5-10(11)13/h3-6,9H,7-8,13H2,1-2H3,(H,14,15). The average Bonchev–Trinajstić information content (AvgIpc) is 2.26. The Hall–Kier alpha value is -1.56. The summed E-state index contributed by atoms with van der Waals surface area (Å²) in [4.78, 5) is 11.5. The molecule has 5 nitrogen and oxygen atoms in total. The molecule has 0 unspecified atom stereocenters. The van der Waals surface area contributed by atoms with E-state index in [1.165, 1.54) is 12.1 Å². The van der Waals surface area contributed by atoms with Crippen molar-refractivity contribution in [2.45, 2.75) is 18.7 Å². The first-order chi connectivity index (χ1) is 8.33. The Bertz CT molecular complexity index is 524. The Labute approximate surface area is 107 Å². The van der Waals surface area contributed by atoms with Crippen LogP contribution in [0.2, 0.25) is 0 Å². The maximum Gasteiger partial charge on any atom is 0.235 e. The molecule has 0 saturated carbocycles. The minimum atomic E-state index is -3.68. The number of benzene rings is 1. The molecule has 0 bridgehead atoms. The van der Waals surface area contributed by atoms with Crippen molar-refractivity contribution in [2.75, 3.05) is 18.0 Å². The highest BCUT2D eigenvalue weighted by molar-refractivity contribution is 7.92. The summed E-state index contributed by atoms with van der Waals surface area (Å²) in [5.74, 6) is -0.807. The molecule has 1 amide bonds. The summed E-state index contributed by atoms with van der Waals surface area (Å²) in [5, 5.41) is 2.57. The zero-order valence-electron chi connectivity index (χ0n) is 10.5. The number of nitrogen functional groups attached to an aromatic ring is 1. The minimum absolute atomic E-state index is 0.00435. The van der Waals surface area contributed by atoms with Gasteiger partial charge in [-0.05, 0) is 18.1 Å². The monoisotopic (exact) mass is 270 g/mol. The molecule has 0 aliphatic carbocycles. The summed E-state index contributed by atoms with van der Waals surface area (Å²) >= 11 is 0. The number of amides is 1. The molecule has 0 spiro atoms. The van der Waals surface area contributed by atoms with Gasteiger partial charge in [0.15, 0.2) is 9.84 Å². The van der Waals surface area contributed by atoms with E-state index in [0.717, 1.165) is 0 Å². The van der Waals surface area contributed by atoms with Crippen LogP contribution >= 0.6 is 0 Å². The number of carbonyl (C=O) groups is 1. The van der Waals surface area contributed by atoms with Crippen LogP contribution in [0.15, 0.2) is 29.2 Å². The maximum absolute atomic E-state index is 12.0. The number of sulfone groups is 1. The van der Waals surface area contributed by atoms with Crippen LogP contribution in [0.25, 0.3) is 0 Å². The maximum atomic E-state index is 12.0. The molecule has 100 valence electrons. The molecule has 18 heavy (non-hydrogen) atoms. The van der Waals surface area contributed by atoms with Crippen molar-refractivity contribution in [2.24, 2.45) is 5.92 Å². The molecule has 3 N–H and O–H groups in total. The number of hydrogen-bond acceptors (Lipinski definition) is 4. The second kappa shape index (κ2) is 5.86. The Morgan fingerprint density at radius 3 is 2.50 bits per heavy atom. The highest BCUT2D eigenvalue weighted by Crippen LogP contribution is 2.18. The first-order valence-electron chi connectivity index (χ1n) is 5.67. The molecular weight excluding hydrogens is 252 g/mol. The SMILES string of the molecule is CC(C)CNC(=O)CS(=O)(=O)c1ccccc1N. The first-order valence-corrected chi connectivity index (χ1v) is 7.32. The van der Waals surface area contributed by atoms with E-state index in [-0.39, 0.29) is 16.5 Å². The fraction of sp³-hybridized carbons (Fsp3) is 0.417. The van der Waals surface area contributed by atoms with Gasteiger partial charge in [0.1, 0.15) is 5.75 Å². The number of para-hydroxylation sites is 1. The summed E-state index contributed by atoms with van der Waals surface area (Å²) in [5.41, 5.74) is 5.75. The van der Waals surface area contributed by atoms with E-state index in [1.54, 1.807) is 12.1 Å². The lowest BCUT2D eigenvalue weighted by atomic mass is 10.2. The number of hydrogen-bond donors (Lipinski definition) is 2. The van der Waals surface area contributed by atoms with Gasteiger partial charge in [-0.25, -0.2) is 8.42 Å². The highest BCUT2D eigenvalue weighted by atomic mass is 32.2. The lowest BCUT2D eigenvalue weighted by molar-refractivity contribution is -0.118. The second-order valence-corrected chi connectivity index (χ2v) is 6.45. The van der Waals surface area contributed by atoms with E-state index in [0.29, 0.717) is 6.54 Å². The Kier molecular flexibility index (Phi) is 4.72. The van der Waals surface area contributed by atoms with Crippen molar-refractivity contribution in [1.29, 1.82) is 0 Å². The molecule has 0 aromatic heterocycles. The number of anilines is 1. The lowest BCUT2D eigenvalue weighted by Gasteiger charge is -2.09. The van der Waals surface area contributed by atoms with Crippen LogP contribution in [-0.4, -0.2) is 26.6 Å². The largest absolute Gasteiger partial charge is 0.398 e. The molecular formula is C12H18N2O3S. The quantitative estimate of drug-likeness (QED) is 0.775. The highest BCUT2D eigenvalue weighted by Gasteiger charge is 2.21. The predicted octanol–water partition coefficient (Wildman–Crippen LogP) is 0.815. The van der Waals surface area contributed by atoms with E-state index in [4.69, 9.17) is 5.73 Å². The summed E-state index contributed by atoms with van der Waals surface area (Å²) in [7, 11) is -3.68. The third-order valence-electron chi connectivity index (χ3n) is 2.28. The van der Waals surface area contributed by atoms with Gasteiger partial charge in [-0.2, -0.15) is 0 Å². The van der Waals surface area contributed by atoms with Gasteiger partial charge < -0.3 is 11.1 Å². The molecule has 0 atom stereocenters. The smallest absolute Gasteiger partial charge is 0.235 e. The molecule has 1 aromatic carbocycles. The molecule has 1 rings (SSSR count). The number of nitrogens with two attached hydrogens (primary N) is 1. The topological polar surface area (TPSA) is 89.3 Å². The zero-order valence-corrected chi connectivity index (χ0v) is 11.3. The van der Waals surface area contributed by atoms with Gasteiger partial charge >= 0.3 is 0 Å².